The molecule has 1 aliphatic carbocycles. The third kappa shape index (κ3) is 2.83. The van der Waals surface area contributed by atoms with Crippen molar-refractivity contribution >= 4 is 23.1 Å². The fourth-order valence-electron chi connectivity index (χ4n) is 2.56. The third-order valence-corrected chi connectivity index (χ3v) is 4.65. The van der Waals surface area contributed by atoms with Crippen molar-refractivity contribution in [3.63, 3.8) is 0 Å². The van der Waals surface area contributed by atoms with Gasteiger partial charge in [0.2, 0.25) is 5.91 Å². The number of nitrogens with two attached hydrogens (primary N) is 1. The van der Waals surface area contributed by atoms with E-state index in [1.807, 2.05) is 0 Å². The van der Waals surface area contributed by atoms with Gasteiger partial charge in [-0.2, -0.15) is 0 Å². The van der Waals surface area contributed by atoms with Crippen molar-refractivity contribution in [3.05, 3.63) is 0 Å². The van der Waals surface area contributed by atoms with Crippen LogP contribution in [0.4, 0.5) is 0 Å². The van der Waals surface area contributed by atoms with Gasteiger partial charge in [0.15, 0.2) is 0 Å². The molecule has 0 aromatic heterocycles. The first-order chi connectivity index (χ1) is 8.56. The van der Waals surface area contributed by atoms with E-state index in [0.717, 1.165) is 12.5 Å². The van der Waals surface area contributed by atoms with Gasteiger partial charge >= 0.3 is 0 Å². The molecule has 1 saturated heterocycles. The Labute approximate surface area is 114 Å². The van der Waals surface area contributed by atoms with Gasteiger partial charge in [-0.05, 0) is 37.5 Å². The van der Waals surface area contributed by atoms with Crippen LogP contribution in [-0.4, -0.2) is 30.7 Å². The second kappa shape index (κ2) is 5.53. The molecule has 1 amide bonds. The number of hydrogen-bond acceptors (Lipinski definition) is 3. The molecule has 0 spiro atoms. The lowest BCUT2D eigenvalue weighted by molar-refractivity contribution is -0.131. The Morgan fingerprint density at radius 3 is 2.61 bits per heavy atom. The Morgan fingerprint density at radius 1 is 1.50 bits per heavy atom. The largest absolute Gasteiger partial charge is 0.392 e. The molecular weight excluding hydrogens is 248 g/mol. The second-order valence-electron chi connectivity index (χ2n) is 5.58. The Kier molecular flexibility index (Phi) is 4.22. The van der Waals surface area contributed by atoms with Gasteiger partial charge in [0.05, 0.1) is 4.99 Å². The smallest absolute Gasteiger partial charge is 0.233 e. The lowest BCUT2D eigenvalue weighted by Crippen LogP contribution is -2.52. The van der Waals surface area contributed by atoms with E-state index in [0.29, 0.717) is 37.0 Å². The molecule has 0 aromatic rings. The van der Waals surface area contributed by atoms with Crippen LogP contribution in [-0.2, 0) is 9.53 Å². The number of hydrogen-bond donors (Lipinski definition) is 2. The average Bonchev–Trinajstić information content (AvgIpc) is 3.20. The van der Waals surface area contributed by atoms with Gasteiger partial charge in [-0.3, -0.25) is 4.79 Å². The molecule has 102 valence electrons. The molecule has 2 aliphatic rings. The summed E-state index contributed by atoms with van der Waals surface area (Å²) in [5.41, 5.74) is 5.11. The first-order valence-electron chi connectivity index (χ1n) is 6.72. The predicted octanol–water partition coefficient (Wildman–Crippen LogP) is 1.23. The van der Waals surface area contributed by atoms with Crippen LogP contribution in [0.5, 0.6) is 0 Å². The fraction of sp³-hybridized carbons (Fsp3) is 0.846. The minimum Gasteiger partial charge on any atom is -0.392 e. The highest BCUT2D eigenvalue weighted by Gasteiger charge is 2.43. The number of carbonyl (C=O) groups is 1. The monoisotopic (exact) mass is 270 g/mol. The molecule has 18 heavy (non-hydrogen) atoms. The molecule has 0 radical (unpaired) electrons. The molecule has 5 heteroatoms. The van der Waals surface area contributed by atoms with E-state index in [2.05, 4.69) is 12.2 Å². The normalized spacial score (nSPS) is 24.3. The quantitative estimate of drug-likeness (QED) is 0.738. The lowest BCUT2D eigenvalue weighted by Gasteiger charge is -2.35. The summed E-state index contributed by atoms with van der Waals surface area (Å²) in [6, 6.07) is 0. The number of carbonyl (C=O) groups excluding carboxylic acids is 1. The predicted molar refractivity (Wildman–Crippen MR) is 74.2 cm³/mol. The summed E-state index contributed by atoms with van der Waals surface area (Å²) in [4.78, 5) is 12.7. The highest BCUT2D eigenvalue weighted by atomic mass is 32.1. The summed E-state index contributed by atoms with van der Waals surface area (Å²) < 4.78 is 5.30. The molecule has 3 N–H and O–H groups in total. The second-order valence-corrected chi connectivity index (χ2v) is 6.02. The molecule has 4 nitrogen and oxygen atoms in total. The van der Waals surface area contributed by atoms with E-state index in [4.69, 9.17) is 22.7 Å². The van der Waals surface area contributed by atoms with E-state index in [9.17, 15) is 4.79 Å². The SMILES string of the molecule is CC(CNC(=O)C1(C(N)=S)CCOCC1)C1CC1. The highest BCUT2D eigenvalue weighted by molar-refractivity contribution is 7.80. The van der Waals surface area contributed by atoms with Gasteiger partial charge in [0, 0.05) is 19.8 Å². The van der Waals surface area contributed by atoms with E-state index in [1.54, 1.807) is 0 Å². The number of thiocarbonyl (C=S) groups is 1. The summed E-state index contributed by atoms with van der Waals surface area (Å²) in [6.45, 7) is 4.04. The molecule has 1 atom stereocenters. The summed E-state index contributed by atoms with van der Waals surface area (Å²) in [5.74, 6) is 1.34. The number of nitrogens with one attached hydrogen (secondary N) is 1. The van der Waals surface area contributed by atoms with Crippen LogP contribution in [0.3, 0.4) is 0 Å². The zero-order valence-corrected chi connectivity index (χ0v) is 11.7. The van der Waals surface area contributed by atoms with Crippen LogP contribution >= 0.6 is 12.2 Å². The topological polar surface area (TPSA) is 64.4 Å². The van der Waals surface area contributed by atoms with E-state index >= 15 is 0 Å². The minimum absolute atomic E-state index is 0.00852. The van der Waals surface area contributed by atoms with Gasteiger partial charge in [-0.15, -0.1) is 0 Å². The van der Waals surface area contributed by atoms with Crippen molar-refractivity contribution in [3.8, 4) is 0 Å². The van der Waals surface area contributed by atoms with Gasteiger partial charge in [0.1, 0.15) is 5.41 Å². The minimum atomic E-state index is -0.684. The maximum atomic E-state index is 12.4. The average molecular weight is 270 g/mol. The molecule has 2 fully saturated rings. The molecule has 2 rings (SSSR count). The standard InChI is InChI=1S/C13H22N2O2S/c1-9(10-2-3-10)8-15-12(16)13(11(14)18)4-6-17-7-5-13/h9-10H,2-8H2,1H3,(H2,14,18)(H,15,16). The summed E-state index contributed by atoms with van der Waals surface area (Å²) in [7, 11) is 0. The zero-order chi connectivity index (χ0) is 13.2. The Balaban J connectivity index is 1.92. The first-order valence-corrected chi connectivity index (χ1v) is 7.13. The van der Waals surface area contributed by atoms with Crippen LogP contribution in [0.1, 0.15) is 32.6 Å². The van der Waals surface area contributed by atoms with Crippen molar-refractivity contribution < 1.29 is 9.53 Å². The molecular formula is C13H22N2O2S. The first kappa shape index (κ1) is 13.7. The van der Waals surface area contributed by atoms with Gasteiger partial charge in [-0.1, -0.05) is 19.1 Å². The molecule has 1 unspecified atom stereocenters. The molecule has 1 aliphatic heterocycles. The van der Waals surface area contributed by atoms with Crippen LogP contribution in [0, 0.1) is 17.3 Å². The maximum absolute atomic E-state index is 12.4. The van der Waals surface area contributed by atoms with Crippen molar-refractivity contribution in [1.29, 1.82) is 0 Å². The number of amides is 1. The fourth-order valence-corrected chi connectivity index (χ4v) is 2.86. The van der Waals surface area contributed by atoms with Crippen LogP contribution < -0.4 is 11.1 Å². The molecule has 0 aromatic carbocycles. The van der Waals surface area contributed by atoms with Gasteiger partial charge < -0.3 is 15.8 Å². The zero-order valence-electron chi connectivity index (χ0n) is 10.9. The van der Waals surface area contributed by atoms with Crippen LogP contribution in [0.2, 0.25) is 0 Å². The Morgan fingerprint density at radius 2 is 2.11 bits per heavy atom. The summed E-state index contributed by atoms with van der Waals surface area (Å²) in [5, 5.41) is 3.03. The van der Waals surface area contributed by atoms with E-state index < -0.39 is 5.41 Å². The highest BCUT2D eigenvalue weighted by Crippen LogP contribution is 2.36. The van der Waals surface area contributed by atoms with E-state index in [1.165, 1.54) is 12.8 Å². The van der Waals surface area contributed by atoms with Gasteiger partial charge in [-0.25, -0.2) is 0 Å². The van der Waals surface area contributed by atoms with E-state index in [-0.39, 0.29) is 5.91 Å². The Bertz CT molecular complexity index is 336. The molecule has 0 bridgehead atoms. The van der Waals surface area contributed by atoms with Gasteiger partial charge in [0.25, 0.3) is 0 Å². The molecule has 1 heterocycles. The lowest BCUT2D eigenvalue weighted by atomic mass is 9.79. The van der Waals surface area contributed by atoms with Crippen LogP contribution in [0.25, 0.3) is 0 Å². The maximum Gasteiger partial charge on any atom is 0.233 e. The van der Waals surface area contributed by atoms with Crippen LogP contribution in [0.15, 0.2) is 0 Å². The third-order valence-electron chi connectivity index (χ3n) is 4.26. The summed E-state index contributed by atoms with van der Waals surface area (Å²) >= 11 is 5.11. The summed E-state index contributed by atoms with van der Waals surface area (Å²) in [6.07, 6.45) is 3.80. The van der Waals surface area contributed by atoms with Crippen molar-refractivity contribution in [2.45, 2.75) is 32.6 Å². The molecule has 1 saturated carbocycles. The number of ether oxygens (including phenoxy) is 1. The van der Waals surface area contributed by atoms with Crippen molar-refractivity contribution in [1.82, 2.24) is 5.32 Å². The Hall–Kier alpha value is -0.680. The van der Waals surface area contributed by atoms with Crippen molar-refractivity contribution in [2.75, 3.05) is 19.8 Å². The van der Waals surface area contributed by atoms with Crippen molar-refractivity contribution in [2.24, 2.45) is 23.0 Å². The number of rotatable bonds is 5.